The molecule has 10 nitrogen and oxygen atoms in total. The van der Waals surface area contributed by atoms with Gasteiger partial charge in [0.15, 0.2) is 0 Å². The molecule has 0 unspecified atom stereocenters. The molecule has 0 spiro atoms. The summed E-state index contributed by atoms with van der Waals surface area (Å²) in [5.41, 5.74) is 11.7. The number of benzene rings is 1. The van der Waals surface area contributed by atoms with Crippen LogP contribution in [0.3, 0.4) is 0 Å². The Morgan fingerprint density at radius 2 is 1.93 bits per heavy atom. The summed E-state index contributed by atoms with van der Waals surface area (Å²) in [6.45, 7) is 7.29. The number of nitrogens with zero attached hydrogens (tertiary/aromatic N) is 6. The molecule has 0 aliphatic rings. The van der Waals surface area contributed by atoms with Crippen molar-refractivity contribution in [3.05, 3.63) is 73.1 Å². The van der Waals surface area contributed by atoms with Gasteiger partial charge in [0.05, 0.1) is 5.69 Å². The molecule has 3 aromatic rings. The normalized spacial score (nSPS) is 10.5. The number of aromatic amines is 1. The minimum atomic E-state index is -0.369. The first-order valence-electron chi connectivity index (χ1n) is 8.98. The summed E-state index contributed by atoms with van der Waals surface area (Å²) in [6, 6.07) is 6.22. The second kappa shape index (κ2) is 7.99. The number of aromatic nitrogens is 4. The molecule has 2 heterocycles. The Labute approximate surface area is 166 Å². The van der Waals surface area contributed by atoms with Crippen LogP contribution in [0.2, 0.25) is 0 Å². The Morgan fingerprint density at radius 3 is 2.52 bits per heavy atom. The fourth-order valence-corrected chi connectivity index (χ4v) is 2.93. The van der Waals surface area contributed by atoms with Gasteiger partial charge in [-0.15, -0.1) is 0 Å². The summed E-state index contributed by atoms with van der Waals surface area (Å²) < 4.78 is 1.42. The fraction of sp³-hybridized carbons (Fsp3) is 0.263. The molecule has 0 fully saturated rings. The van der Waals surface area contributed by atoms with Crippen LogP contribution in [-0.2, 0) is 6.42 Å². The summed E-state index contributed by atoms with van der Waals surface area (Å²) in [6.07, 6.45) is 0.570. The SMILES string of the molecule is CCc1c(C)nc(-n2nc(C)c(C)c2NC(=O)c2ccc(N=[N+]=[N-])cc2)[nH]c1=O. The molecule has 2 N–H and O–H groups in total. The number of carbonyl (C=O) groups excluding carboxylic acids is 1. The first-order chi connectivity index (χ1) is 13.8. The van der Waals surface area contributed by atoms with E-state index in [0.717, 1.165) is 5.56 Å². The lowest BCUT2D eigenvalue weighted by Crippen LogP contribution is -2.22. The number of nitrogens with one attached hydrogen (secondary N) is 2. The van der Waals surface area contributed by atoms with Crippen LogP contribution in [-0.4, -0.2) is 25.7 Å². The quantitative estimate of drug-likeness (QED) is 0.388. The average Bonchev–Trinajstić information content (AvgIpc) is 2.97. The number of carbonyl (C=O) groups is 1. The van der Waals surface area contributed by atoms with Gasteiger partial charge >= 0.3 is 0 Å². The third-order valence-electron chi connectivity index (χ3n) is 4.65. The summed E-state index contributed by atoms with van der Waals surface area (Å²) >= 11 is 0. The maximum Gasteiger partial charge on any atom is 0.256 e. The number of hydrogen-bond acceptors (Lipinski definition) is 5. The van der Waals surface area contributed by atoms with Crippen LogP contribution in [0.4, 0.5) is 11.5 Å². The number of anilines is 1. The molecule has 0 aliphatic heterocycles. The van der Waals surface area contributed by atoms with Crippen molar-refractivity contribution in [2.75, 3.05) is 5.32 Å². The smallest absolute Gasteiger partial charge is 0.256 e. The minimum Gasteiger partial charge on any atom is -0.306 e. The van der Waals surface area contributed by atoms with Gasteiger partial charge in [0.1, 0.15) is 5.82 Å². The average molecular weight is 392 g/mol. The van der Waals surface area contributed by atoms with Crippen LogP contribution in [0.15, 0.2) is 34.2 Å². The summed E-state index contributed by atoms with van der Waals surface area (Å²) in [7, 11) is 0. The van der Waals surface area contributed by atoms with Crippen LogP contribution < -0.4 is 10.9 Å². The molecule has 148 valence electrons. The maximum absolute atomic E-state index is 12.7. The topological polar surface area (TPSA) is 141 Å². The van der Waals surface area contributed by atoms with E-state index in [-0.39, 0.29) is 17.4 Å². The number of rotatable bonds is 5. The molecule has 0 saturated heterocycles. The summed E-state index contributed by atoms with van der Waals surface area (Å²) in [4.78, 5) is 34.9. The van der Waals surface area contributed by atoms with Crippen LogP contribution in [0.25, 0.3) is 16.4 Å². The lowest BCUT2D eigenvalue weighted by atomic mass is 10.2. The molecule has 0 bridgehead atoms. The van der Waals surface area contributed by atoms with Gasteiger partial charge in [0, 0.05) is 33.0 Å². The molecular weight excluding hydrogens is 372 g/mol. The van der Waals surface area contributed by atoms with Crippen molar-refractivity contribution in [2.45, 2.75) is 34.1 Å². The van der Waals surface area contributed by atoms with Crippen LogP contribution in [0, 0.1) is 20.8 Å². The van der Waals surface area contributed by atoms with Crippen molar-refractivity contribution in [2.24, 2.45) is 5.11 Å². The van der Waals surface area contributed by atoms with Gasteiger partial charge in [0.25, 0.3) is 11.5 Å². The predicted molar refractivity (Wildman–Crippen MR) is 109 cm³/mol. The predicted octanol–water partition coefficient (Wildman–Crippen LogP) is 3.64. The molecule has 29 heavy (non-hydrogen) atoms. The van der Waals surface area contributed by atoms with Crippen molar-refractivity contribution in [1.29, 1.82) is 0 Å². The minimum absolute atomic E-state index is 0.230. The molecular formula is C19H20N8O2. The zero-order valence-electron chi connectivity index (χ0n) is 16.5. The monoisotopic (exact) mass is 392 g/mol. The molecule has 1 aromatic carbocycles. The maximum atomic E-state index is 12.7. The van der Waals surface area contributed by atoms with Gasteiger partial charge < -0.3 is 5.32 Å². The highest BCUT2D eigenvalue weighted by Crippen LogP contribution is 2.22. The zero-order chi connectivity index (χ0) is 21.1. The fourth-order valence-electron chi connectivity index (χ4n) is 2.93. The summed E-state index contributed by atoms with van der Waals surface area (Å²) in [5, 5.41) is 10.7. The number of azide groups is 1. The van der Waals surface area contributed by atoms with Gasteiger partial charge in [-0.3, -0.25) is 14.6 Å². The Balaban J connectivity index is 2.00. The highest BCUT2D eigenvalue weighted by Gasteiger charge is 2.19. The van der Waals surface area contributed by atoms with Gasteiger partial charge in [-0.1, -0.05) is 24.2 Å². The van der Waals surface area contributed by atoms with E-state index < -0.39 is 0 Å². The third-order valence-corrected chi connectivity index (χ3v) is 4.65. The van der Waals surface area contributed by atoms with Crippen LogP contribution in [0.5, 0.6) is 0 Å². The van der Waals surface area contributed by atoms with Crippen molar-refractivity contribution >= 4 is 17.4 Å². The lowest BCUT2D eigenvalue weighted by molar-refractivity contribution is 0.102. The van der Waals surface area contributed by atoms with E-state index >= 15 is 0 Å². The molecule has 0 atom stereocenters. The highest BCUT2D eigenvalue weighted by molar-refractivity contribution is 6.04. The van der Waals surface area contributed by atoms with Gasteiger partial charge in [0.2, 0.25) is 5.95 Å². The summed E-state index contributed by atoms with van der Waals surface area (Å²) in [5.74, 6) is 0.277. The number of aryl methyl sites for hydroxylation is 2. The Bertz CT molecular complexity index is 1180. The number of amides is 1. The number of hydrogen-bond donors (Lipinski definition) is 2. The van der Waals surface area contributed by atoms with Crippen LogP contribution >= 0.6 is 0 Å². The molecule has 0 saturated carbocycles. The second-order valence-corrected chi connectivity index (χ2v) is 6.47. The first kappa shape index (κ1) is 19.8. The Hall–Kier alpha value is -3.91. The van der Waals surface area contributed by atoms with Crippen molar-refractivity contribution < 1.29 is 4.79 Å². The van der Waals surface area contributed by atoms with Gasteiger partial charge in [-0.2, -0.15) is 9.78 Å². The highest BCUT2D eigenvalue weighted by atomic mass is 16.2. The molecule has 0 aliphatic carbocycles. The molecule has 10 heteroatoms. The van der Waals surface area contributed by atoms with E-state index in [9.17, 15) is 9.59 Å². The molecule has 2 aromatic heterocycles. The first-order valence-corrected chi connectivity index (χ1v) is 8.98. The van der Waals surface area contributed by atoms with E-state index in [1.54, 1.807) is 31.2 Å². The van der Waals surface area contributed by atoms with Crippen LogP contribution in [0.1, 0.15) is 39.8 Å². The molecule has 3 rings (SSSR count). The molecule has 0 radical (unpaired) electrons. The lowest BCUT2D eigenvalue weighted by Gasteiger charge is -2.11. The van der Waals surface area contributed by atoms with Crippen molar-refractivity contribution in [1.82, 2.24) is 19.7 Å². The number of H-pyrrole nitrogens is 1. The largest absolute Gasteiger partial charge is 0.306 e. The second-order valence-electron chi connectivity index (χ2n) is 6.47. The van der Waals surface area contributed by atoms with Gasteiger partial charge in [-0.05, 0) is 44.9 Å². The Morgan fingerprint density at radius 1 is 1.24 bits per heavy atom. The van der Waals surface area contributed by atoms with E-state index in [4.69, 9.17) is 5.53 Å². The molecule has 1 amide bonds. The van der Waals surface area contributed by atoms with Crippen molar-refractivity contribution in [3.63, 3.8) is 0 Å². The van der Waals surface area contributed by atoms with E-state index in [2.05, 4.69) is 30.4 Å². The van der Waals surface area contributed by atoms with E-state index in [0.29, 0.717) is 40.4 Å². The Kier molecular flexibility index (Phi) is 5.47. The third kappa shape index (κ3) is 3.87. The standard InChI is InChI=1S/C19H20N8O2/c1-5-15-12(4)21-19(23-18(15)29)27-16(10(2)11(3)25-27)22-17(28)13-6-8-14(9-7-13)24-26-20/h6-9H,5H2,1-4H3,(H,22,28)(H,21,23,29). The van der Waals surface area contributed by atoms with Gasteiger partial charge in [-0.25, -0.2) is 4.98 Å². The van der Waals surface area contributed by atoms with E-state index in [1.807, 2.05) is 20.8 Å². The zero-order valence-corrected chi connectivity index (χ0v) is 16.5. The van der Waals surface area contributed by atoms with E-state index in [1.165, 1.54) is 4.68 Å². The van der Waals surface area contributed by atoms with Crippen molar-refractivity contribution in [3.8, 4) is 5.95 Å².